The van der Waals surface area contributed by atoms with Crippen molar-refractivity contribution in [3.05, 3.63) is 35.9 Å². The van der Waals surface area contributed by atoms with Crippen molar-refractivity contribution in [3.8, 4) is 12.3 Å². The van der Waals surface area contributed by atoms with Crippen LogP contribution >= 0.6 is 11.6 Å². The molecule has 0 saturated heterocycles. The van der Waals surface area contributed by atoms with E-state index in [1.807, 2.05) is 0 Å². The SMILES string of the molecule is C#Cc1ccc(N=C)c(C(=C)Cl)c1. The van der Waals surface area contributed by atoms with E-state index in [0.29, 0.717) is 10.7 Å². The Balaban J connectivity index is 3.36. The largest absolute Gasteiger partial charge is 0.264 e. The van der Waals surface area contributed by atoms with Crippen LogP contribution in [0.25, 0.3) is 5.03 Å². The molecule has 0 atom stereocenters. The zero-order valence-corrected chi connectivity index (χ0v) is 7.80. The molecule has 1 aromatic rings. The van der Waals surface area contributed by atoms with E-state index < -0.39 is 0 Å². The van der Waals surface area contributed by atoms with Gasteiger partial charge in [0.2, 0.25) is 0 Å². The molecule has 13 heavy (non-hydrogen) atoms. The molecular weight excluding hydrogens is 182 g/mol. The summed E-state index contributed by atoms with van der Waals surface area (Å²) in [4.78, 5) is 3.80. The highest BCUT2D eigenvalue weighted by Gasteiger charge is 2.03. The smallest absolute Gasteiger partial charge is 0.0710 e. The molecule has 0 fully saturated rings. The third-order valence-corrected chi connectivity index (χ3v) is 1.83. The van der Waals surface area contributed by atoms with Crippen LogP contribution in [0.1, 0.15) is 11.1 Å². The van der Waals surface area contributed by atoms with Gasteiger partial charge in [0.25, 0.3) is 0 Å². The van der Waals surface area contributed by atoms with Crippen LogP contribution in [0.2, 0.25) is 0 Å². The van der Waals surface area contributed by atoms with E-state index in [-0.39, 0.29) is 0 Å². The topological polar surface area (TPSA) is 12.4 Å². The summed E-state index contributed by atoms with van der Waals surface area (Å²) in [5, 5.41) is 0.416. The Hall–Kier alpha value is -1.52. The van der Waals surface area contributed by atoms with Gasteiger partial charge in [-0.05, 0) is 24.9 Å². The number of nitrogens with zero attached hydrogens (tertiary/aromatic N) is 1. The lowest BCUT2D eigenvalue weighted by molar-refractivity contribution is 1.50. The first-order valence-electron chi connectivity index (χ1n) is 3.61. The molecule has 1 rings (SSSR count). The van der Waals surface area contributed by atoms with Crippen molar-refractivity contribution in [3.63, 3.8) is 0 Å². The molecule has 0 aliphatic rings. The lowest BCUT2D eigenvalue weighted by Gasteiger charge is -2.03. The second-order valence-electron chi connectivity index (χ2n) is 2.44. The summed E-state index contributed by atoms with van der Waals surface area (Å²) in [7, 11) is 0. The second-order valence-corrected chi connectivity index (χ2v) is 2.90. The molecule has 64 valence electrons. The maximum atomic E-state index is 5.77. The van der Waals surface area contributed by atoms with Crippen molar-refractivity contribution >= 4 is 29.0 Å². The number of hydrogen-bond acceptors (Lipinski definition) is 1. The second kappa shape index (κ2) is 3.93. The van der Waals surface area contributed by atoms with Gasteiger partial charge in [0.1, 0.15) is 0 Å². The fraction of sp³-hybridized carbons (Fsp3) is 0. The van der Waals surface area contributed by atoms with Crippen LogP contribution in [0.15, 0.2) is 29.8 Å². The number of halogens is 1. The van der Waals surface area contributed by atoms with Gasteiger partial charge < -0.3 is 0 Å². The van der Waals surface area contributed by atoms with Gasteiger partial charge in [-0.25, -0.2) is 0 Å². The van der Waals surface area contributed by atoms with Gasteiger partial charge in [-0.1, -0.05) is 24.1 Å². The quantitative estimate of drug-likeness (QED) is 0.501. The van der Waals surface area contributed by atoms with Gasteiger partial charge in [0.05, 0.1) is 5.69 Å². The van der Waals surface area contributed by atoms with Crippen LogP contribution in [0.5, 0.6) is 0 Å². The molecule has 0 saturated carbocycles. The van der Waals surface area contributed by atoms with E-state index >= 15 is 0 Å². The van der Waals surface area contributed by atoms with Gasteiger partial charge in [-0.3, -0.25) is 4.99 Å². The minimum absolute atomic E-state index is 0.416. The van der Waals surface area contributed by atoms with Crippen LogP contribution in [0.4, 0.5) is 5.69 Å². The zero-order chi connectivity index (χ0) is 9.84. The lowest BCUT2D eigenvalue weighted by Crippen LogP contribution is -1.81. The molecule has 0 N–H and O–H groups in total. The number of rotatable bonds is 2. The molecule has 0 spiro atoms. The highest BCUT2D eigenvalue weighted by Crippen LogP contribution is 2.28. The Morgan fingerprint density at radius 2 is 2.23 bits per heavy atom. The summed E-state index contributed by atoms with van der Waals surface area (Å²) in [6.45, 7) is 7.05. The van der Waals surface area contributed by atoms with E-state index in [1.165, 1.54) is 0 Å². The molecule has 0 radical (unpaired) electrons. The fourth-order valence-electron chi connectivity index (χ4n) is 0.981. The molecule has 2 heteroatoms. The van der Waals surface area contributed by atoms with Gasteiger partial charge in [-0.2, -0.15) is 0 Å². The first-order chi connectivity index (χ1) is 6.19. The number of aliphatic imine (C=N–C) groups is 1. The normalized spacial score (nSPS) is 8.92. The fourth-order valence-corrected chi connectivity index (χ4v) is 1.13. The van der Waals surface area contributed by atoms with Gasteiger partial charge >= 0.3 is 0 Å². The summed E-state index contributed by atoms with van der Waals surface area (Å²) in [5.74, 6) is 2.51. The summed E-state index contributed by atoms with van der Waals surface area (Å²) >= 11 is 5.77. The summed E-state index contributed by atoms with van der Waals surface area (Å²) in [6, 6.07) is 5.32. The zero-order valence-electron chi connectivity index (χ0n) is 7.05. The minimum atomic E-state index is 0.416. The Kier molecular flexibility index (Phi) is 2.89. The molecule has 0 unspecified atom stereocenters. The van der Waals surface area contributed by atoms with E-state index in [0.717, 1.165) is 11.1 Å². The predicted molar refractivity (Wildman–Crippen MR) is 58.5 cm³/mol. The van der Waals surface area contributed by atoms with Crippen LogP contribution in [-0.4, -0.2) is 6.72 Å². The molecule has 0 heterocycles. The number of terminal acetylenes is 1. The first kappa shape index (κ1) is 9.57. The summed E-state index contributed by atoms with van der Waals surface area (Å²) < 4.78 is 0. The predicted octanol–water partition coefficient (Wildman–Crippen LogP) is 3.21. The van der Waals surface area contributed by atoms with Crippen molar-refractivity contribution in [1.29, 1.82) is 0 Å². The van der Waals surface area contributed by atoms with E-state index in [9.17, 15) is 0 Å². The molecular formula is C11H8ClN. The van der Waals surface area contributed by atoms with E-state index in [4.69, 9.17) is 18.0 Å². The van der Waals surface area contributed by atoms with Crippen molar-refractivity contribution in [2.24, 2.45) is 4.99 Å². The van der Waals surface area contributed by atoms with Gasteiger partial charge in [0.15, 0.2) is 0 Å². The van der Waals surface area contributed by atoms with Crippen molar-refractivity contribution in [1.82, 2.24) is 0 Å². The minimum Gasteiger partial charge on any atom is -0.264 e. The van der Waals surface area contributed by atoms with Crippen molar-refractivity contribution < 1.29 is 0 Å². The molecule has 0 amide bonds. The number of hydrogen-bond donors (Lipinski definition) is 0. The Morgan fingerprint density at radius 1 is 1.54 bits per heavy atom. The number of benzene rings is 1. The third-order valence-electron chi connectivity index (χ3n) is 1.63. The highest BCUT2D eigenvalue weighted by atomic mass is 35.5. The highest BCUT2D eigenvalue weighted by molar-refractivity contribution is 6.48. The van der Waals surface area contributed by atoms with Crippen LogP contribution in [0, 0.1) is 12.3 Å². The van der Waals surface area contributed by atoms with E-state index in [2.05, 4.69) is 24.2 Å². The molecule has 0 aromatic heterocycles. The summed E-state index contributed by atoms with van der Waals surface area (Å²) in [5.41, 5.74) is 2.18. The van der Waals surface area contributed by atoms with Gasteiger partial charge in [0, 0.05) is 16.2 Å². The first-order valence-corrected chi connectivity index (χ1v) is 3.99. The van der Waals surface area contributed by atoms with Crippen LogP contribution in [0.3, 0.4) is 0 Å². The maximum Gasteiger partial charge on any atom is 0.0710 e. The van der Waals surface area contributed by atoms with E-state index in [1.54, 1.807) is 18.2 Å². The van der Waals surface area contributed by atoms with Crippen molar-refractivity contribution in [2.75, 3.05) is 0 Å². The molecule has 0 aliphatic heterocycles. The Labute approximate surface area is 82.8 Å². The third kappa shape index (κ3) is 1.99. The lowest BCUT2D eigenvalue weighted by atomic mass is 10.1. The molecule has 1 nitrogen and oxygen atoms in total. The molecule has 1 aromatic carbocycles. The van der Waals surface area contributed by atoms with Crippen LogP contribution in [-0.2, 0) is 0 Å². The maximum absolute atomic E-state index is 5.77. The Bertz CT molecular complexity index is 399. The standard InChI is InChI=1S/C11H8ClN/c1-4-9-5-6-11(13-3)10(7-9)8(2)12/h1,5-7H,2-3H2. The summed E-state index contributed by atoms with van der Waals surface area (Å²) in [6.07, 6.45) is 5.24. The molecule has 0 aliphatic carbocycles. The average Bonchev–Trinajstić information content (AvgIpc) is 2.16. The average molecular weight is 190 g/mol. The van der Waals surface area contributed by atoms with Gasteiger partial charge in [-0.15, -0.1) is 6.42 Å². The Morgan fingerprint density at radius 3 is 2.69 bits per heavy atom. The van der Waals surface area contributed by atoms with Crippen molar-refractivity contribution in [2.45, 2.75) is 0 Å². The monoisotopic (exact) mass is 189 g/mol. The van der Waals surface area contributed by atoms with Crippen LogP contribution < -0.4 is 0 Å². The molecule has 0 bridgehead atoms.